The largest absolute Gasteiger partial charge is 0.481 e. The van der Waals surface area contributed by atoms with E-state index in [0.717, 1.165) is 46.9 Å². The highest BCUT2D eigenvalue weighted by Crippen LogP contribution is 2.44. The first-order valence-corrected chi connectivity index (χ1v) is 28.7. The summed E-state index contributed by atoms with van der Waals surface area (Å²) in [6, 6.07) is 10.3. The maximum atomic E-state index is 13.8. The van der Waals surface area contributed by atoms with E-state index in [1.807, 2.05) is 12.1 Å². The molecule has 6 heterocycles. The maximum absolute atomic E-state index is 13.8. The van der Waals surface area contributed by atoms with Crippen LogP contribution in [0.3, 0.4) is 0 Å². The van der Waals surface area contributed by atoms with Gasteiger partial charge in [-0.2, -0.15) is 62.3 Å². The minimum atomic E-state index is -5.80. The Bertz CT molecular complexity index is 2720. The molecule has 0 atom stereocenters. The van der Waals surface area contributed by atoms with Crippen LogP contribution in [0.2, 0.25) is 10.0 Å². The molecule has 30 heteroatoms. The molecule has 480 valence electrons. The number of carboxylic acids is 1. The molecule has 2 aromatic rings. The topological polar surface area (TPSA) is 178 Å². The third-order valence-electron chi connectivity index (χ3n) is 17.2. The van der Waals surface area contributed by atoms with Crippen LogP contribution in [0.5, 0.6) is 0 Å². The minimum absolute atomic E-state index is 0.129. The molecule has 0 unspecified atom stereocenters. The van der Waals surface area contributed by atoms with E-state index in [-0.39, 0.29) is 81.2 Å². The molecule has 0 radical (unpaired) electrons. The Morgan fingerprint density at radius 1 is 0.535 bits per heavy atom. The summed E-state index contributed by atoms with van der Waals surface area (Å²) >= 11 is 12.8. The lowest BCUT2D eigenvalue weighted by atomic mass is 9.75. The van der Waals surface area contributed by atoms with Crippen molar-refractivity contribution in [1.82, 2.24) is 29.4 Å². The van der Waals surface area contributed by atoms with Crippen molar-refractivity contribution >= 4 is 59.3 Å². The third kappa shape index (κ3) is 17.8. The molecule has 6 aliphatic heterocycles. The molecule has 6 fully saturated rings. The molecule has 2 spiro atoms. The average Bonchev–Trinajstić information content (AvgIpc) is 1.65. The number of rotatable bonds is 9. The molecule has 0 saturated carbocycles. The molecule has 6 saturated heterocycles. The molecule has 6 aliphatic rings. The molecule has 0 bridgehead atoms. The van der Waals surface area contributed by atoms with Gasteiger partial charge in [-0.3, -0.25) is 24.2 Å². The van der Waals surface area contributed by atoms with Crippen molar-refractivity contribution in [2.45, 2.75) is 159 Å². The fraction of sp³-hybridized carbons (Fsp3) is 0.679. The summed E-state index contributed by atoms with van der Waals surface area (Å²) in [5, 5.41) is 9.99. The zero-order valence-corrected chi connectivity index (χ0v) is 48.9. The first-order valence-electron chi connectivity index (χ1n) is 28.0. The number of aliphatic carboxylic acids is 1. The summed E-state index contributed by atoms with van der Waals surface area (Å²) in [6.07, 6.45) is -28.2. The highest BCUT2D eigenvalue weighted by atomic mass is 35.5. The van der Waals surface area contributed by atoms with E-state index >= 15 is 0 Å². The van der Waals surface area contributed by atoms with Crippen molar-refractivity contribution in [3.05, 3.63) is 68.7 Å². The quantitative estimate of drug-likeness (QED) is 0.235. The average molecular weight is 1280 g/mol. The van der Waals surface area contributed by atoms with Gasteiger partial charge in [-0.1, -0.05) is 44.0 Å². The molecule has 86 heavy (non-hydrogen) atoms. The normalized spacial score (nSPS) is 20.1. The van der Waals surface area contributed by atoms with E-state index < -0.39 is 66.1 Å². The Kier molecular flexibility index (Phi) is 22.5. The van der Waals surface area contributed by atoms with Crippen molar-refractivity contribution in [3.63, 3.8) is 0 Å². The van der Waals surface area contributed by atoms with E-state index in [2.05, 4.69) is 40.0 Å². The zero-order valence-electron chi connectivity index (χ0n) is 47.3. The molecule has 1 N–H and O–H groups in total. The van der Waals surface area contributed by atoms with Gasteiger partial charge >= 0.3 is 49.0 Å². The number of halogens is 14. The van der Waals surface area contributed by atoms with Crippen molar-refractivity contribution in [3.8, 4) is 0 Å². The van der Waals surface area contributed by atoms with Crippen molar-refractivity contribution in [2.75, 3.05) is 65.4 Å². The van der Waals surface area contributed by atoms with Gasteiger partial charge in [-0.05, 0) is 162 Å². The van der Waals surface area contributed by atoms with Gasteiger partial charge in [0.25, 0.3) is 24.0 Å². The summed E-state index contributed by atoms with van der Waals surface area (Å²) in [6.45, 7) is 11.3. The molecule has 8 rings (SSSR count). The van der Waals surface area contributed by atoms with Crippen LogP contribution in [-0.2, 0) is 36.9 Å². The first kappa shape index (κ1) is 69.5. The van der Waals surface area contributed by atoms with Crippen LogP contribution in [0.1, 0.15) is 130 Å². The van der Waals surface area contributed by atoms with Crippen molar-refractivity contribution < 1.29 is 101 Å². The Morgan fingerprint density at radius 2 is 0.860 bits per heavy atom. The predicted octanol–water partition coefficient (Wildman–Crippen LogP) is 12.1. The highest BCUT2D eigenvalue weighted by Gasteiger charge is 2.62. The molecule has 0 aromatic heterocycles. The number of hydrogen-bond donors (Lipinski definition) is 1. The van der Waals surface area contributed by atoms with E-state index in [1.54, 1.807) is 28.0 Å². The number of carbonyl (C=O) groups excluding carboxylic acids is 6. The minimum Gasteiger partial charge on any atom is -0.481 e. The van der Waals surface area contributed by atoms with E-state index in [9.17, 15) is 81.8 Å². The smallest absolute Gasteiger partial charge is 0.434 e. The third-order valence-corrected chi connectivity index (χ3v) is 17.6. The van der Waals surface area contributed by atoms with Gasteiger partial charge < -0.3 is 34.2 Å². The number of piperidine rings is 4. The predicted molar refractivity (Wildman–Crippen MR) is 283 cm³/mol. The number of benzene rings is 2. The number of carbonyl (C=O) groups is 5. The number of amides is 4. The highest BCUT2D eigenvalue weighted by molar-refractivity contribution is 6.31. The van der Waals surface area contributed by atoms with Gasteiger partial charge in [0.1, 0.15) is 0 Å². The van der Waals surface area contributed by atoms with E-state index in [0.29, 0.717) is 105 Å². The summed E-state index contributed by atoms with van der Waals surface area (Å²) in [7, 11) is 0. The zero-order chi connectivity index (χ0) is 64.0. The SMILES string of the molecule is CC(C)(C)C1CCN(Cc2cc(Cl)cc(C(=O)N3CCCC34CCN(C(=O)OC(C(F)(F)F)C(F)(F)F)CC4)c2)CC1.O=C(O)C1CCN(Cc2cc(Cl)cc(C(=O)N3CCCC34CCN(C(=O)OC(C(F)(F)F)C(F)(F)F)CC4)c2)CC1.O=C=O. The fourth-order valence-electron chi connectivity index (χ4n) is 12.6. The Balaban J connectivity index is 0.000000263. The Labute approximate surface area is 498 Å². The monoisotopic (exact) mass is 1280 g/mol. The second kappa shape index (κ2) is 27.9. The Hall–Kier alpha value is -5.57. The molecule has 2 aromatic carbocycles. The van der Waals surface area contributed by atoms with Crippen LogP contribution >= 0.6 is 23.2 Å². The maximum Gasteiger partial charge on any atom is 0.434 e. The van der Waals surface area contributed by atoms with Gasteiger partial charge in [0, 0.05) is 84.6 Å². The van der Waals surface area contributed by atoms with Crippen LogP contribution in [0.4, 0.5) is 62.3 Å². The number of ether oxygens (including phenoxy) is 2. The summed E-state index contributed by atoms with van der Waals surface area (Å²) in [4.78, 5) is 88.8. The lowest BCUT2D eigenvalue weighted by Crippen LogP contribution is -2.56. The standard InChI is InChI=1S/C29H38ClF6N3O3.C26H30ClF6N3O5.CO2/c1-26(2,3)21-5-11-37(12-6-21)18-19-15-20(17-22(30)16-19)23(40)39-10-4-7-27(39)8-13-38(14-9-27)25(41)42-24(28(31,32)33)29(34,35)36;27-19-13-16(15-34-8-2-17(3-9-34)21(38)39)12-18(14-19)20(37)36-7-1-4-24(36)5-10-35(11-6-24)23(40)41-22(25(28,29)30)26(31,32)33;2-1-3/h15-17,21,24H,4-14,18H2,1-3H3;12-14,17,22H,1-11,15H2,(H,38,39);. The van der Waals surface area contributed by atoms with Gasteiger partial charge in [-0.25, -0.2) is 9.59 Å². The summed E-state index contributed by atoms with van der Waals surface area (Å²) < 4.78 is 162. The van der Waals surface area contributed by atoms with E-state index in [1.165, 1.54) is 6.07 Å². The molecule has 0 aliphatic carbocycles. The summed E-state index contributed by atoms with van der Waals surface area (Å²) in [5.41, 5.74) is 1.39. The second-order valence-electron chi connectivity index (χ2n) is 23.8. The van der Waals surface area contributed by atoms with Crippen molar-refractivity contribution in [2.24, 2.45) is 17.3 Å². The molecular formula is C56H68Cl2F12N6O10. The van der Waals surface area contributed by atoms with Crippen molar-refractivity contribution in [1.29, 1.82) is 0 Å². The lowest BCUT2D eigenvalue weighted by Gasteiger charge is -2.45. The first-order chi connectivity index (χ1) is 39.9. The second-order valence-corrected chi connectivity index (χ2v) is 24.7. The van der Waals surface area contributed by atoms with Gasteiger partial charge in [0.15, 0.2) is 0 Å². The lowest BCUT2D eigenvalue weighted by molar-refractivity contribution is -0.309. The molecule has 4 amide bonds. The van der Waals surface area contributed by atoms with Crippen LogP contribution in [-0.4, -0.2) is 184 Å². The summed E-state index contributed by atoms with van der Waals surface area (Å²) in [5.74, 6) is -1.07. The Morgan fingerprint density at radius 3 is 1.16 bits per heavy atom. The van der Waals surface area contributed by atoms with Crippen LogP contribution in [0, 0.1) is 17.3 Å². The van der Waals surface area contributed by atoms with Crippen LogP contribution in [0.25, 0.3) is 0 Å². The number of hydrogen-bond acceptors (Lipinski definition) is 11. The number of likely N-dealkylation sites (tertiary alicyclic amines) is 6. The molecular weight excluding hydrogens is 1220 g/mol. The van der Waals surface area contributed by atoms with Crippen LogP contribution < -0.4 is 0 Å². The van der Waals surface area contributed by atoms with E-state index in [4.69, 9.17) is 32.8 Å². The fourth-order valence-corrected chi connectivity index (χ4v) is 13.1. The number of nitrogens with zero attached hydrogens (tertiary/aromatic N) is 6. The number of alkyl halides is 12. The molecule has 16 nitrogen and oxygen atoms in total. The van der Waals surface area contributed by atoms with Gasteiger partial charge in [-0.15, -0.1) is 0 Å². The van der Waals surface area contributed by atoms with Gasteiger partial charge in [0.2, 0.25) is 0 Å². The van der Waals surface area contributed by atoms with Gasteiger partial charge in [0.05, 0.1) is 5.92 Å². The van der Waals surface area contributed by atoms with Crippen LogP contribution in [0.15, 0.2) is 36.4 Å². The number of carboxylic acid groups (broad SMARTS) is 1.